The summed E-state index contributed by atoms with van der Waals surface area (Å²) in [4.78, 5) is 29.0. The second-order valence-corrected chi connectivity index (χ2v) is 12.9. The highest BCUT2D eigenvalue weighted by Gasteiger charge is 2.34. The number of sulfonamides is 1. The predicted octanol–water partition coefficient (Wildman–Crippen LogP) is 5.21. The fraction of sp³-hybridized carbons (Fsp3) is 0.394. The number of aryl methyl sites for hydroxylation is 1. The molecule has 3 aromatic carbocycles. The summed E-state index contributed by atoms with van der Waals surface area (Å²) in [6.45, 7) is 2.79. The molecule has 1 N–H and O–H groups in total. The van der Waals surface area contributed by atoms with Crippen molar-refractivity contribution < 1.29 is 31.9 Å². The number of rotatable bonds is 12. The molecule has 3 aromatic rings. The summed E-state index contributed by atoms with van der Waals surface area (Å²) >= 11 is 0. The van der Waals surface area contributed by atoms with E-state index in [0.29, 0.717) is 11.3 Å². The number of nitrogens with one attached hydrogen (secondary N) is 1. The van der Waals surface area contributed by atoms with Gasteiger partial charge in [0.15, 0.2) is 0 Å². The quantitative estimate of drug-likeness (QED) is 0.296. The van der Waals surface area contributed by atoms with Crippen LogP contribution in [0.3, 0.4) is 0 Å². The number of carbonyl (C=O) groups is 2. The van der Waals surface area contributed by atoms with Gasteiger partial charge in [-0.25, -0.2) is 12.8 Å². The lowest BCUT2D eigenvalue weighted by Crippen LogP contribution is -2.53. The SMILES string of the molecule is COc1ccc(OC)c(N(CC(=O)N(Cc2ccc(F)cc2)C(C)C(=O)NC2CCCCC2)S(=O)(=O)c2ccc(C)cc2)c1. The number of amides is 2. The van der Waals surface area contributed by atoms with E-state index in [9.17, 15) is 22.4 Å². The van der Waals surface area contributed by atoms with E-state index >= 15 is 0 Å². The molecule has 0 heterocycles. The van der Waals surface area contributed by atoms with Crippen molar-refractivity contribution in [3.8, 4) is 11.5 Å². The highest BCUT2D eigenvalue weighted by Crippen LogP contribution is 2.36. The van der Waals surface area contributed by atoms with Gasteiger partial charge in [-0.1, -0.05) is 49.1 Å². The zero-order chi connectivity index (χ0) is 31.9. The molecule has 44 heavy (non-hydrogen) atoms. The van der Waals surface area contributed by atoms with Crippen molar-refractivity contribution in [2.75, 3.05) is 25.1 Å². The zero-order valence-corrected chi connectivity index (χ0v) is 26.4. The van der Waals surface area contributed by atoms with Gasteiger partial charge in [-0.3, -0.25) is 13.9 Å². The molecule has 4 rings (SSSR count). The summed E-state index contributed by atoms with van der Waals surface area (Å²) < 4.78 is 53.9. The molecular weight excluding hydrogens is 585 g/mol. The Morgan fingerprint density at radius 2 is 1.61 bits per heavy atom. The lowest BCUT2D eigenvalue weighted by molar-refractivity contribution is -0.139. The van der Waals surface area contributed by atoms with Crippen molar-refractivity contribution in [2.24, 2.45) is 0 Å². The first-order valence-corrected chi connectivity index (χ1v) is 16.1. The predicted molar refractivity (Wildman–Crippen MR) is 167 cm³/mol. The third kappa shape index (κ3) is 7.88. The first-order valence-electron chi connectivity index (χ1n) is 14.7. The molecule has 1 unspecified atom stereocenters. The van der Waals surface area contributed by atoms with Gasteiger partial charge in [0.05, 0.1) is 24.8 Å². The minimum absolute atomic E-state index is 0.0148. The third-order valence-corrected chi connectivity index (χ3v) is 9.70. The molecule has 2 amide bonds. The van der Waals surface area contributed by atoms with Crippen LogP contribution in [-0.4, -0.2) is 58.0 Å². The standard InChI is InChI=1S/C33H40FN3O6S/c1-23-10-17-29(18-11-23)44(40,41)37(30-20-28(42-3)16-19-31(30)43-4)22-32(38)36(21-25-12-14-26(34)15-13-25)24(2)33(39)35-27-8-6-5-7-9-27/h10-20,24,27H,5-9,21-22H2,1-4H3,(H,35,39). The maximum Gasteiger partial charge on any atom is 0.264 e. The summed E-state index contributed by atoms with van der Waals surface area (Å²) in [7, 11) is -1.45. The maximum atomic E-state index is 14.2. The van der Waals surface area contributed by atoms with Crippen molar-refractivity contribution in [1.82, 2.24) is 10.2 Å². The highest BCUT2D eigenvalue weighted by atomic mass is 32.2. The molecular formula is C33H40FN3O6S. The number of carbonyl (C=O) groups excluding carboxylic acids is 2. The number of halogens is 1. The van der Waals surface area contributed by atoms with E-state index in [1.165, 1.54) is 61.6 Å². The van der Waals surface area contributed by atoms with Gasteiger partial charge in [0.2, 0.25) is 11.8 Å². The van der Waals surface area contributed by atoms with E-state index in [4.69, 9.17) is 9.47 Å². The van der Waals surface area contributed by atoms with Crippen LogP contribution in [0.1, 0.15) is 50.2 Å². The Balaban J connectivity index is 1.74. The van der Waals surface area contributed by atoms with Crippen molar-refractivity contribution in [3.05, 3.63) is 83.7 Å². The van der Waals surface area contributed by atoms with Crippen LogP contribution < -0.4 is 19.1 Å². The largest absolute Gasteiger partial charge is 0.497 e. The van der Waals surface area contributed by atoms with Crippen LogP contribution in [0, 0.1) is 12.7 Å². The van der Waals surface area contributed by atoms with Gasteiger partial charge in [-0.05, 0) is 68.7 Å². The Labute approximate surface area is 259 Å². The van der Waals surface area contributed by atoms with E-state index in [1.54, 1.807) is 31.2 Å². The monoisotopic (exact) mass is 625 g/mol. The van der Waals surface area contributed by atoms with Crippen LogP contribution in [0.5, 0.6) is 11.5 Å². The maximum absolute atomic E-state index is 14.2. The van der Waals surface area contributed by atoms with E-state index < -0.39 is 34.3 Å². The molecule has 236 valence electrons. The highest BCUT2D eigenvalue weighted by molar-refractivity contribution is 7.92. The molecule has 1 fully saturated rings. The average Bonchev–Trinajstić information content (AvgIpc) is 3.03. The molecule has 0 radical (unpaired) electrons. The Morgan fingerprint density at radius 1 is 0.955 bits per heavy atom. The number of anilines is 1. The smallest absolute Gasteiger partial charge is 0.264 e. The van der Waals surface area contributed by atoms with E-state index in [-0.39, 0.29) is 34.8 Å². The molecule has 0 aromatic heterocycles. The summed E-state index contributed by atoms with van der Waals surface area (Å²) in [6, 6.07) is 15.7. The number of methoxy groups -OCH3 is 2. The van der Waals surface area contributed by atoms with Gasteiger partial charge in [0.1, 0.15) is 29.9 Å². The normalized spacial score (nSPS) is 14.4. The first-order chi connectivity index (χ1) is 21.0. The number of hydrogen-bond acceptors (Lipinski definition) is 6. The van der Waals surface area contributed by atoms with Crippen molar-refractivity contribution in [3.63, 3.8) is 0 Å². The van der Waals surface area contributed by atoms with E-state index in [0.717, 1.165) is 42.0 Å². The fourth-order valence-electron chi connectivity index (χ4n) is 5.28. The minimum atomic E-state index is -4.30. The van der Waals surface area contributed by atoms with Gasteiger partial charge >= 0.3 is 0 Å². The number of benzene rings is 3. The molecule has 1 atom stereocenters. The summed E-state index contributed by atoms with van der Waals surface area (Å²) in [5.41, 5.74) is 1.56. The Hall–Kier alpha value is -4.12. The fourth-order valence-corrected chi connectivity index (χ4v) is 6.70. The molecule has 1 aliphatic carbocycles. The molecule has 1 aliphatic rings. The van der Waals surface area contributed by atoms with Crippen LogP contribution in [0.15, 0.2) is 71.6 Å². The number of hydrogen-bond donors (Lipinski definition) is 1. The zero-order valence-electron chi connectivity index (χ0n) is 25.6. The summed E-state index contributed by atoms with van der Waals surface area (Å²) in [5.74, 6) is -0.821. The van der Waals surface area contributed by atoms with E-state index in [1.807, 2.05) is 6.92 Å². The molecule has 0 saturated heterocycles. The van der Waals surface area contributed by atoms with E-state index in [2.05, 4.69) is 5.32 Å². The van der Waals surface area contributed by atoms with Crippen molar-refractivity contribution >= 4 is 27.5 Å². The second-order valence-electron chi connectivity index (χ2n) is 11.0. The van der Waals surface area contributed by atoms with Gasteiger partial charge < -0.3 is 19.7 Å². The lowest BCUT2D eigenvalue weighted by atomic mass is 9.95. The topological polar surface area (TPSA) is 105 Å². The van der Waals surface area contributed by atoms with Crippen molar-refractivity contribution in [2.45, 2.75) is 69.5 Å². The molecule has 11 heteroatoms. The summed E-state index contributed by atoms with van der Waals surface area (Å²) in [6.07, 6.45) is 4.89. The molecule has 0 aliphatic heterocycles. The first kappa shape index (κ1) is 32.8. The Bertz CT molecular complexity index is 1540. The van der Waals surface area contributed by atoms with Crippen LogP contribution in [0.25, 0.3) is 0 Å². The molecule has 0 bridgehead atoms. The number of nitrogens with zero attached hydrogens (tertiary/aromatic N) is 2. The van der Waals surface area contributed by atoms with Gasteiger partial charge in [0, 0.05) is 18.7 Å². The Kier molecular flexibility index (Phi) is 10.9. The van der Waals surface area contributed by atoms with Gasteiger partial charge in [-0.2, -0.15) is 0 Å². The second kappa shape index (κ2) is 14.6. The lowest BCUT2D eigenvalue weighted by Gasteiger charge is -2.33. The van der Waals surface area contributed by atoms with Crippen LogP contribution in [0.2, 0.25) is 0 Å². The number of ether oxygens (including phenoxy) is 2. The molecule has 0 spiro atoms. The van der Waals surface area contributed by atoms with Gasteiger partial charge in [-0.15, -0.1) is 0 Å². The van der Waals surface area contributed by atoms with Gasteiger partial charge in [0.25, 0.3) is 10.0 Å². The minimum Gasteiger partial charge on any atom is -0.497 e. The molecule has 1 saturated carbocycles. The van der Waals surface area contributed by atoms with Crippen LogP contribution >= 0.6 is 0 Å². The average molecular weight is 626 g/mol. The Morgan fingerprint density at radius 3 is 2.23 bits per heavy atom. The molecule has 9 nitrogen and oxygen atoms in total. The van der Waals surface area contributed by atoms with Crippen molar-refractivity contribution in [1.29, 1.82) is 0 Å². The third-order valence-electron chi connectivity index (χ3n) is 7.93. The van der Waals surface area contributed by atoms with Crippen LogP contribution in [0.4, 0.5) is 10.1 Å². The summed E-state index contributed by atoms with van der Waals surface area (Å²) in [5, 5.41) is 3.07. The van der Waals surface area contributed by atoms with Crippen LogP contribution in [-0.2, 0) is 26.2 Å².